The number of nitrogens with zero attached hydrogens (tertiary/aromatic N) is 1. The Morgan fingerprint density at radius 1 is 1.29 bits per heavy atom. The monoisotopic (exact) mass is 290 g/mol. The highest BCUT2D eigenvalue weighted by atomic mass is 16.5. The minimum absolute atomic E-state index is 0.0422. The van der Waals surface area contributed by atoms with Crippen molar-refractivity contribution < 1.29 is 9.53 Å². The second-order valence-corrected chi connectivity index (χ2v) is 6.14. The standard InChI is InChI=1S/C17H26N2O2/c1-11-7-6-8-12(2)17(11)18-16(20)10-19-9-13(3)21-15(5)14(19)4/h6-8,13-15H,9-10H2,1-5H3,(H,18,20). The second-order valence-electron chi connectivity index (χ2n) is 6.14. The third-order valence-electron chi connectivity index (χ3n) is 4.29. The van der Waals surface area contributed by atoms with Crippen molar-refractivity contribution in [3.63, 3.8) is 0 Å². The SMILES string of the molecule is Cc1cccc(C)c1NC(=O)CN1CC(C)OC(C)C1C. The lowest BCUT2D eigenvalue weighted by atomic mass is 10.1. The molecule has 4 heteroatoms. The highest BCUT2D eigenvalue weighted by molar-refractivity contribution is 5.93. The van der Waals surface area contributed by atoms with Crippen LogP contribution in [0.5, 0.6) is 0 Å². The zero-order valence-electron chi connectivity index (χ0n) is 13.6. The lowest BCUT2D eigenvalue weighted by molar-refractivity contribution is -0.126. The number of anilines is 1. The van der Waals surface area contributed by atoms with Crippen molar-refractivity contribution in [2.75, 3.05) is 18.4 Å². The van der Waals surface area contributed by atoms with Crippen molar-refractivity contribution in [3.8, 4) is 0 Å². The quantitative estimate of drug-likeness (QED) is 0.930. The third kappa shape index (κ3) is 3.83. The molecule has 0 bridgehead atoms. The molecule has 2 rings (SSSR count). The van der Waals surface area contributed by atoms with Crippen LogP contribution in [0.15, 0.2) is 18.2 Å². The summed E-state index contributed by atoms with van der Waals surface area (Å²) >= 11 is 0. The Morgan fingerprint density at radius 3 is 2.52 bits per heavy atom. The zero-order chi connectivity index (χ0) is 15.6. The molecule has 3 atom stereocenters. The summed E-state index contributed by atoms with van der Waals surface area (Å²) in [5, 5.41) is 3.05. The molecule has 4 nitrogen and oxygen atoms in total. The minimum atomic E-state index is 0.0422. The maximum atomic E-state index is 12.4. The molecule has 116 valence electrons. The Labute approximate surface area is 127 Å². The first kappa shape index (κ1) is 16.0. The van der Waals surface area contributed by atoms with Crippen molar-refractivity contribution in [2.24, 2.45) is 0 Å². The van der Waals surface area contributed by atoms with E-state index in [9.17, 15) is 4.79 Å². The number of hydrogen-bond acceptors (Lipinski definition) is 3. The average Bonchev–Trinajstić information content (AvgIpc) is 2.40. The maximum absolute atomic E-state index is 12.4. The molecular weight excluding hydrogens is 264 g/mol. The molecule has 1 aromatic carbocycles. The molecule has 1 aromatic rings. The lowest BCUT2D eigenvalue weighted by Crippen LogP contribution is -2.53. The van der Waals surface area contributed by atoms with E-state index >= 15 is 0 Å². The van der Waals surface area contributed by atoms with Gasteiger partial charge in [-0.3, -0.25) is 9.69 Å². The lowest BCUT2D eigenvalue weighted by Gasteiger charge is -2.40. The summed E-state index contributed by atoms with van der Waals surface area (Å²) in [6.07, 6.45) is 0.325. The van der Waals surface area contributed by atoms with Crippen LogP contribution in [0.3, 0.4) is 0 Å². The number of aryl methyl sites for hydroxylation is 2. The van der Waals surface area contributed by atoms with E-state index in [-0.39, 0.29) is 24.2 Å². The predicted octanol–water partition coefficient (Wildman–Crippen LogP) is 2.74. The van der Waals surface area contributed by atoms with Crippen LogP contribution in [0.1, 0.15) is 31.9 Å². The zero-order valence-corrected chi connectivity index (χ0v) is 13.6. The first-order chi connectivity index (χ1) is 9.88. The van der Waals surface area contributed by atoms with Gasteiger partial charge < -0.3 is 10.1 Å². The van der Waals surface area contributed by atoms with Gasteiger partial charge in [0.15, 0.2) is 0 Å². The summed E-state index contributed by atoms with van der Waals surface area (Å²) in [5.41, 5.74) is 3.13. The molecule has 3 unspecified atom stereocenters. The van der Waals surface area contributed by atoms with E-state index in [1.165, 1.54) is 0 Å². The molecule has 1 aliphatic rings. The van der Waals surface area contributed by atoms with Gasteiger partial charge in [-0.1, -0.05) is 18.2 Å². The summed E-state index contributed by atoms with van der Waals surface area (Å²) < 4.78 is 5.79. The van der Waals surface area contributed by atoms with Crippen molar-refractivity contribution in [2.45, 2.75) is 52.9 Å². The summed E-state index contributed by atoms with van der Waals surface area (Å²) in [6.45, 7) is 11.5. The van der Waals surface area contributed by atoms with Gasteiger partial charge in [-0.05, 0) is 45.7 Å². The first-order valence-corrected chi connectivity index (χ1v) is 7.64. The summed E-state index contributed by atoms with van der Waals surface area (Å²) in [4.78, 5) is 14.5. The molecule has 0 aliphatic carbocycles. The molecule has 1 N–H and O–H groups in total. The Morgan fingerprint density at radius 2 is 1.90 bits per heavy atom. The number of hydrogen-bond donors (Lipinski definition) is 1. The number of rotatable bonds is 3. The highest BCUT2D eigenvalue weighted by Crippen LogP contribution is 2.21. The van der Waals surface area contributed by atoms with Crippen molar-refractivity contribution in [3.05, 3.63) is 29.3 Å². The van der Waals surface area contributed by atoms with Gasteiger partial charge in [0.05, 0.1) is 18.8 Å². The van der Waals surface area contributed by atoms with Crippen LogP contribution in [-0.2, 0) is 9.53 Å². The van der Waals surface area contributed by atoms with E-state index in [1.807, 2.05) is 32.0 Å². The number of carbonyl (C=O) groups excluding carboxylic acids is 1. The molecule has 0 radical (unpaired) electrons. The summed E-state index contributed by atoms with van der Waals surface area (Å²) in [5.74, 6) is 0.0422. The Kier molecular flexibility index (Phi) is 5.01. The molecule has 1 heterocycles. The first-order valence-electron chi connectivity index (χ1n) is 7.64. The van der Waals surface area contributed by atoms with Gasteiger partial charge in [0.2, 0.25) is 5.91 Å². The number of nitrogens with one attached hydrogen (secondary N) is 1. The van der Waals surface area contributed by atoms with Crippen molar-refractivity contribution in [1.82, 2.24) is 4.90 Å². The fourth-order valence-corrected chi connectivity index (χ4v) is 2.90. The molecule has 0 saturated carbocycles. The van der Waals surface area contributed by atoms with Gasteiger partial charge in [-0.2, -0.15) is 0 Å². The highest BCUT2D eigenvalue weighted by Gasteiger charge is 2.30. The van der Waals surface area contributed by atoms with E-state index in [1.54, 1.807) is 0 Å². The number of ether oxygens (including phenoxy) is 1. The minimum Gasteiger partial charge on any atom is -0.373 e. The van der Waals surface area contributed by atoms with Crippen LogP contribution in [0.2, 0.25) is 0 Å². The van der Waals surface area contributed by atoms with Gasteiger partial charge in [0.1, 0.15) is 0 Å². The van der Waals surface area contributed by atoms with Crippen molar-refractivity contribution in [1.29, 1.82) is 0 Å². The van der Waals surface area contributed by atoms with Gasteiger partial charge in [0, 0.05) is 18.3 Å². The van der Waals surface area contributed by atoms with Gasteiger partial charge in [-0.15, -0.1) is 0 Å². The van der Waals surface area contributed by atoms with Crippen LogP contribution >= 0.6 is 0 Å². The normalized spacial score (nSPS) is 26.6. The number of amides is 1. The van der Waals surface area contributed by atoms with Crippen LogP contribution in [-0.4, -0.2) is 42.1 Å². The van der Waals surface area contributed by atoms with Crippen LogP contribution in [0, 0.1) is 13.8 Å². The van der Waals surface area contributed by atoms with Gasteiger partial charge in [0.25, 0.3) is 0 Å². The van der Waals surface area contributed by atoms with Crippen LogP contribution in [0.4, 0.5) is 5.69 Å². The second kappa shape index (κ2) is 6.58. The Hall–Kier alpha value is -1.39. The Balaban J connectivity index is 2.01. The number of carbonyl (C=O) groups is 1. The topological polar surface area (TPSA) is 41.6 Å². The molecule has 1 amide bonds. The van der Waals surface area contributed by atoms with E-state index in [4.69, 9.17) is 4.74 Å². The van der Waals surface area contributed by atoms with E-state index in [0.29, 0.717) is 6.54 Å². The third-order valence-corrected chi connectivity index (χ3v) is 4.29. The molecular formula is C17H26N2O2. The van der Waals surface area contributed by atoms with Gasteiger partial charge >= 0.3 is 0 Å². The Bertz CT molecular complexity index is 495. The van der Waals surface area contributed by atoms with Crippen molar-refractivity contribution >= 4 is 11.6 Å². The maximum Gasteiger partial charge on any atom is 0.238 e. The van der Waals surface area contributed by atoms with E-state index < -0.39 is 0 Å². The summed E-state index contributed by atoms with van der Waals surface area (Å²) in [7, 11) is 0. The molecule has 1 aliphatic heterocycles. The number of para-hydroxylation sites is 1. The molecule has 0 aromatic heterocycles. The number of benzene rings is 1. The fourth-order valence-electron chi connectivity index (χ4n) is 2.90. The number of morpholine rings is 1. The summed E-state index contributed by atoms with van der Waals surface area (Å²) in [6, 6.07) is 6.30. The van der Waals surface area contributed by atoms with E-state index in [2.05, 4.69) is 31.0 Å². The molecule has 1 fully saturated rings. The molecule has 0 spiro atoms. The predicted molar refractivity (Wildman–Crippen MR) is 85.6 cm³/mol. The smallest absolute Gasteiger partial charge is 0.238 e. The van der Waals surface area contributed by atoms with Gasteiger partial charge in [-0.25, -0.2) is 0 Å². The van der Waals surface area contributed by atoms with Crippen LogP contribution in [0.25, 0.3) is 0 Å². The molecule has 1 saturated heterocycles. The molecule has 21 heavy (non-hydrogen) atoms. The van der Waals surface area contributed by atoms with Crippen LogP contribution < -0.4 is 5.32 Å². The van der Waals surface area contributed by atoms with E-state index in [0.717, 1.165) is 23.4 Å². The fraction of sp³-hybridized carbons (Fsp3) is 0.588. The largest absolute Gasteiger partial charge is 0.373 e. The average molecular weight is 290 g/mol.